The topological polar surface area (TPSA) is 91.2 Å². The first-order valence-electron chi connectivity index (χ1n) is 9.87. The van der Waals surface area contributed by atoms with Gasteiger partial charge in [0.05, 0.1) is 11.7 Å². The number of benzene rings is 2. The van der Waals surface area contributed by atoms with Gasteiger partial charge >= 0.3 is 5.97 Å². The molecule has 0 bridgehead atoms. The number of halogens is 1. The van der Waals surface area contributed by atoms with Crippen LogP contribution in [0.25, 0.3) is 0 Å². The zero-order valence-electron chi connectivity index (χ0n) is 17.4. The van der Waals surface area contributed by atoms with Crippen LogP contribution in [0, 0.1) is 0 Å². The molecule has 0 saturated heterocycles. The van der Waals surface area contributed by atoms with Gasteiger partial charge in [-0.1, -0.05) is 47.0 Å². The van der Waals surface area contributed by atoms with Crippen molar-refractivity contribution in [3.8, 4) is 5.75 Å². The zero-order chi connectivity index (χ0) is 22.0. The first kappa shape index (κ1) is 20.9. The van der Waals surface area contributed by atoms with E-state index in [1.54, 1.807) is 11.6 Å². The van der Waals surface area contributed by atoms with Crippen LogP contribution in [-0.4, -0.2) is 32.3 Å². The standard InChI is InChI=1S/C22H22ClN5O3/c1-13(2)31-21(29)19-14(3)24-22-25-26-27-28(22)20(19)17-6-4-5-7-18(17)30-12-15-8-10-16(23)11-9-15/h4-11,13,20H,12H2,1-3H3,(H,24,25,27). The first-order chi connectivity index (χ1) is 14.9. The van der Waals surface area contributed by atoms with Gasteiger partial charge in [0.2, 0.25) is 5.95 Å². The van der Waals surface area contributed by atoms with Crippen molar-refractivity contribution in [3.63, 3.8) is 0 Å². The van der Waals surface area contributed by atoms with E-state index in [-0.39, 0.29) is 6.10 Å². The first-order valence-corrected chi connectivity index (χ1v) is 10.2. The van der Waals surface area contributed by atoms with Crippen LogP contribution in [0.2, 0.25) is 5.02 Å². The molecule has 0 aliphatic carbocycles. The van der Waals surface area contributed by atoms with Gasteiger partial charge in [0, 0.05) is 16.3 Å². The number of esters is 1. The molecule has 1 N–H and O–H groups in total. The van der Waals surface area contributed by atoms with Gasteiger partial charge in [0.25, 0.3) is 0 Å². The van der Waals surface area contributed by atoms with E-state index in [1.165, 1.54) is 0 Å². The fourth-order valence-corrected chi connectivity index (χ4v) is 3.55. The predicted octanol–water partition coefficient (Wildman–Crippen LogP) is 4.15. The summed E-state index contributed by atoms with van der Waals surface area (Å²) >= 11 is 5.97. The molecule has 1 aliphatic heterocycles. The molecule has 0 amide bonds. The molecule has 8 nitrogen and oxygen atoms in total. The summed E-state index contributed by atoms with van der Waals surface area (Å²) in [6.45, 7) is 5.77. The summed E-state index contributed by atoms with van der Waals surface area (Å²) in [7, 11) is 0. The molecule has 3 aromatic rings. The molecule has 2 heterocycles. The summed E-state index contributed by atoms with van der Waals surface area (Å²) in [5.41, 5.74) is 2.78. The number of carbonyl (C=O) groups is 1. The molecule has 1 aromatic heterocycles. The van der Waals surface area contributed by atoms with Gasteiger partial charge in [0.1, 0.15) is 18.4 Å². The number of rotatable bonds is 6. The Hall–Kier alpha value is -3.39. The Labute approximate surface area is 184 Å². The number of carbonyl (C=O) groups excluding carboxylic acids is 1. The summed E-state index contributed by atoms with van der Waals surface area (Å²) in [6, 6.07) is 14.4. The maximum absolute atomic E-state index is 13.0. The second-order valence-corrected chi connectivity index (χ2v) is 7.86. The summed E-state index contributed by atoms with van der Waals surface area (Å²) in [4.78, 5) is 13.0. The third-order valence-corrected chi connectivity index (χ3v) is 5.05. The molecule has 0 fully saturated rings. The average molecular weight is 440 g/mol. The number of hydrogen-bond donors (Lipinski definition) is 1. The molecule has 31 heavy (non-hydrogen) atoms. The lowest BCUT2D eigenvalue weighted by atomic mass is 9.95. The predicted molar refractivity (Wildman–Crippen MR) is 116 cm³/mol. The number of hydrogen-bond acceptors (Lipinski definition) is 7. The highest BCUT2D eigenvalue weighted by Gasteiger charge is 2.36. The van der Waals surface area contributed by atoms with Crippen molar-refractivity contribution in [3.05, 3.63) is 76.0 Å². The highest BCUT2D eigenvalue weighted by Crippen LogP contribution is 2.39. The molecule has 1 aliphatic rings. The number of allylic oxidation sites excluding steroid dienone is 1. The van der Waals surface area contributed by atoms with E-state index in [2.05, 4.69) is 20.8 Å². The fraction of sp³-hybridized carbons (Fsp3) is 0.273. The van der Waals surface area contributed by atoms with E-state index in [1.807, 2.05) is 62.4 Å². The molecule has 160 valence electrons. The molecule has 1 atom stereocenters. The number of nitrogens with one attached hydrogen (secondary N) is 1. The van der Waals surface area contributed by atoms with Crippen LogP contribution in [0.5, 0.6) is 5.75 Å². The van der Waals surface area contributed by atoms with Crippen LogP contribution < -0.4 is 10.1 Å². The lowest BCUT2D eigenvalue weighted by Gasteiger charge is -2.29. The molecule has 4 rings (SSSR count). The van der Waals surface area contributed by atoms with E-state index in [9.17, 15) is 4.79 Å². The van der Waals surface area contributed by atoms with Gasteiger partial charge in [-0.2, -0.15) is 4.68 Å². The Morgan fingerprint density at radius 1 is 1.19 bits per heavy atom. The lowest BCUT2D eigenvalue weighted by Crippen LogP contribution is -2.31. The average Bonchev–Trinajstić information content (AvgIpc) is 3.20. The molecule has 0 radical (unpaired) electrons. The van der Waals surface area contributed by atoms with Crippen LogP contribution in [0.1, 0.15) is 37.9 Å². The smallest absolute Gasteiger partial charge is 0.338 e. The summed E-state index contributed by atoms with van der Waals surface area (Å²) < 4.78 is 13.2. The number of aromatic nitrogens is 4. The highest BCUT2D eigenvalue weighted by atomic mass is 35.5. The van der Waals surface area contributed by atoms with Gasteiger partial charge in [-0.05, 0) is 55.0 Å². The van der Waals surface area contributed by atoms with Crippen molar-refractivity contribution in [2.24, 2.45) is 0 Å². The number of tetrazole rings is 1. The normalized spacial score (nSPS) is 15.5. The zero-order valence-corrected chi connectivity index (χ0v) is 18.1. The van der Waals surface area contributed by atoms with Crippen LogP contribution in [-0.2, 0) is 16.1 Å². The minimum absolute atomic E-state index is 0.264. The number of nitrogens with zero attached hydrogens (tertiary/aromatic N) is 4. The van der Waals surface area contributed by atoms with Gasteiger partial charge in [-0.25, -0.2) is 4.79 Å². The molecule has 0 spiro atoms. The summed E-state index contributed by atoms with van der Waals surface area (Å²) in [5, 5.41) is 15.6. The van der Waals surface area contributed by atoms with E-state index in [0.29, 0.717) is 34.6 Å². The number of anilines is 1. The van der Waals surface area contributed by atoms with Crippen molar-refractivity contribution in [1.29, 1.82) is 0 Å². The maximum Gasteiger partial charge on any atom is 0.338 e. The van der Waals surface area contributed by atoms with E-state index in [4.69, 9.17) is 21.1 Å². The van der Waals surface area contributed by atoms with Crippen molar-refractivity contribution < 1.29 is 14.3 Å². The quantitative estimate of drug-likeness (QED) is 0.577. The van der Waals surface area contributed by atoms with Crippen molar-refractivity contribution >= 4 is 23.5 Å². The van der Waals surface area contributed by atoms with Gasteiger partial charge in [-0.3, -0.25) is 0 Å². The van der Waals surface area contributed by atoms with Gasteiger partial charge < -0.3 is 14.8 Å². The van der Waals surface area contributed by atoms with E-state index < -0.39 is 12.0 Å². The second-order valence-electron chi connectivity index (χ2n) is 7.42. The fourth-order valence-electron chi connectivity index (χ4n) is 3.42. The molecule has 2 aromatic carbocycles. The van der Waals surface area contributed by atoms with Gasteiger partial charge in [0.15, 0.2) is 0 Å². The minimum atomic E-state index is -0.598. The van der Waals surface area contributed by atoms with Crippen LogP contribution in [0.3, 0.4) is 0 Å². The molecular formula is C22H22ClN5O3. The third-order valence-electron chi connectivity index (χ3n) is 4.80. The second kappa shape index (κ2) is 8.77. The van der Waals surface area contributed by atoms with Gasteiger partial charge in [-0.15, -0.1) is 0 Å². The number of ether oxygens (including phenoxy) is 2. The Morgan fingerprint density at radius 3 is 2.68 bits per heavy atom. The lowest BCUT2D eigenvalue weighted by molar-refractivity contribution is -0.143. The van der Waals surface area contributed by atoms with Crippen molar-refractivity contribution in [2.75, 3.05) is 5.32 Å². The summed E-state index contributed by atoms with van der Waals surface area (Å²) in [5.74, 6) is 0.628. The van der Waals surface area contributed by atoms with Crippen LogP contribution in [0.4, 0.5) is 5.95 Å². The Kier molecular flexibility index (Phi) is 5.90. The highest BCUT2D eigenvalue weighted by molar-refractivity contribution is 6.30. The molecule has 9 heteroatoms. The Balaban J connectivity index is 1.72. The Bertz CT molecular complexity index is 1120. The number of para-hydroxylation sites is 1. The maximum atomic E-state index is 13.0. The molecular weight excluding hydrogens is 418 g/mol. The van der Waals surface area contributed by atoms with Crippen molar-refractivity contribution in [1.82, 2.24) is 20.2 Å². The third kappa shape index (κ3) is 4.39. The summed E-state index contributed by atoms with van der Waals surface area (Å²) in [6.07, 6.45) is -0.264. The largest absolute Gasteiger partial charge is 0.489 e. The van der Waals surface area contributed by atoms with E-state index in [0.717, 1.165) is 11.1 Å². The van der Waals surface area contributed by atoms with Crippen molar-refractivity contribution in [2.45, 2.75) is 39.5 Å². The Morgan fingerprint density at radius 2 is 1.94 bits per heavy atom. The number of fused-ring (bicyclic) bond motifs is 1. The SMILES string of the molecule is CC1=C(C(=O)OC(C)C)C(c2ccccc2OCc2ccc(Cl)cc2)n2nnnc2N1. The van der Waals surface area contributed by atoms with E-state index >= 15 is 0 Å². The molecule has 1 unspecified atom stereocenters. The van der Waals surface area contributed by atoms with Crippen LogP contribution in [0.15, 0.2) is 59.8 Å². The minimum Gasteiger partial charge on any atom is -0.489 e. The molecule has 0 saturated carbocycles. The van der Waals surface area contributed by atoms with Crippen LogP contribution >= 0.6 is 11.6 Å². The monoisotopic (exact) mass is 439 g/mol.